The highest BCUT2D eigenvalue weighted by atomic mass is 32.2. The van der Waals surface area contributed by atoms with E-state index in [1.807, 2.05) is 25.1 Å². The molecule has 1 N–H and O–H groups in total. The predicted octanol–water partition coefficient (Wildman–Crippen LogP) is 5.34. The standard InChI is InChI=1S/C21H27NOS/c1-16(17-10-12-18(13-11-17)21(2,3)4)22-20(23)14-15-24-19-8-6-5-7-9-19/h5-13,16H,14-15H2,1-4H3,(H,22,23)/t16-/m1/s1. The average molecular weight is 342 g/mol. The van der Waals surface area contributed by atoms with Gasteiger partial charge in [-0.25, -0.2) is 0 Å². The summed E-state index contributed by atoms with van der Waals surface area (Å²) in [4.78, 5) is 13.3. The van der Waals surface area contributed by atoms with Gasteiger partial charge in [-0.2, -0.15) is 0 Å². The molecule has 3 heteroatoms. The summed E-state index contributed by atoms with van der Waals surface area (Å²) in [6.07, 6.45) is 0.532. The molecule has 0 unspecified atom stereocenters. The summed E-state index contributed by atoms with van der Waals surface area (Å²) in [6, 6.07) is 18.8. The van der Waals surface area contributed by atoms with Crippen molar-refractivity contribution in [1.82, 2.24) is 5.32 Å². The number of amides is 1. The van der Waals surface area contributed by atoms with Crippen molar-refractivity contribution in [3.63, 3.8) is 0 Å². The van der Waals surface area contributed by atoms with E-state index >= 15 is 0 Å². The molecule has 0 aromatic heterocycles. The topological polar surface area (TPSA) is 29.1 Å². The lowest BCUT2D eigenvalue weighted by Gasteiger charge is -2.20. The Balaban J connectivity index is 1.80. The molecule has 2 aromatic carbocycles. The van der Waals surface area contributed by atoms with Crippen molar-refractivity contribution < 1.29 is 4.79 Å². The maximum absolute atomic E-state index is 12.1. The van der Waals surface area contributed by atoms with Gasteiger partial charge in [-0.1, -0.05) is 63.2 Å². The minimum Gasteiger partial charge on any atom is -0.350 e. The molecule has 128 valence electrons. The van der Waals surface area contributed by atoms with Crippen LogP contribution >= 0.6 is 11.8 Å². The Hall–Kier alpha value is -1.74. The largest absolute Gasteiger partial charge is 0.350 e. The normalized spacial score (nSPS) is 12.7. The molecule has 0 radical (unpaired) electrons. The first kappa shape index (κ1) is 18.6. The van der Waals surface area contributed by atoms with Crippen molar-refractivity contribution in [2.75, 3.05) is 5.75 Å². The van der Waals surface area contributed by atoms with E-state index < -0.39 is 0 Å². The minimum atomic E-state index is 0.0354. The first-order valence-corrected chi connectivity index (χ1v) is 9.42. The molecule has 2 nitrogen and oxygen atoms in total. The number of rotatable bonds is 6. The lowest BCUT2D eigenvalue weighted by Crippen LogP contribution is -2.26. The van der Waals surface area contributed by atoms with E-state index in [9.17, 15) is 4.79 Å². The molecule has 0 saturated heterocycles. The molecule has 0 spiro atoms. The third-order valence-electron chi connectivity index (χ3n) is 4.00. The number of carbonyl (C=O) groups is 1. The third kappa shape index (κ3) is 5.72. The molecule has 0 saturated carbocycles. The molecule has 24 heavy (non-hydrogen) atoms. The maximum Gasteiger partial charge on any atom is 0.221 e. The number of hydrogen-bond donors (Lipinski definition) is 1. The zero-order valence-corrected chi connectivity index (χ0v) is 15.8. The van der Waals surface area contributed by atoms with E-state index in [2.05, 4.69) is 62.5 Å². The van der Waals surface area contributed by atoms with Gasteiger partial charge in [-0.15, -0.1) is 11.8 Å². The summed E-state index contributed by atoms with van der Waals surface area (Å²) in [7, 11) is 0. The zero-order valence-electron chi connectivity index (χ0n) is 15.0. The highest BCUT2D eigenvalue weighted by molar-refractivity contribution is 7.99. The van der Waals surface area contributed by atoms with Crippen LogP contribution in [0.15, 0.2) is 59.5 Å². The van der Waals surface area contributed by atoms with Crippen LogP contribution in [0.25, 0.3) is 0 Å². The predicted molar refractivity (Wildman–Crippen MR) is 103 cm³/mol. The Labute approximate surface area is 150 Å². The van der Waals surface area contributed by atoms with Crippen molar-refractivity contribution in [2.45, 2.75) is 50.5 Å². The van der Waals surface area contributed by atoms with Crippen LogP contribution in [0.5, 0.6) is 0 Å². The fourth-order valence-electron chi connectivity index (χ4n) is 2.45. The van der Waals surface area contributed by atoms with Crippen LogP contribution < -0.4 is 5.32 Å². The molecule has 0 aliphatic rings. The molecule has 0 fully saturated rings. The van der Waals surface area contributed by atoms with Gasteiger partial charge in [0.25, 0.3) is 0 Å². The minimum absolute atomic E-state index is 0.0354. The van der Waals surface area contributed by atoms with Gasteiger partial charge in [0.15, 0.2) is 0 Å². The van der Waals surface area contributed by atoms with E-state index in [-0.39, 0.29) is 17.4 Å². The van der Waals surface area contributed by atoms with Crippen LogP contribution in [0.4, 0.5) is 0 Å². The summed E-state index contributed by atoms with van der Waals surface area (Å²) in [5.74, 6) is 0.900. The fourth-order valence-corrected chi connectivity index (χ4v) is 3.32. The van der Waals surface area contributed by atoms with Gasteiger partial charge in [-0.05, 0) is 35.6 Å². The van der Waals surface area contributed by atoms with Gasteiger partial charge in [0, 0.05) is 17.1 Å². The first-order valence-electron chi connectivity index (χ1n) is 8.44. The Bertz CT molecular complexity index is 644. The number of carbonyl (C=O) groups excluding carboxylic acids is 1. The second-order valence-corrected chi connectivity index (χ2v) is 8.24. The second-order valence-electron chi connectivity index (χ2n) is 7.07. The Morgan fingerprint density at radius 3 is 2.25 bits per heavy atom. The van der Waals surface area contributed by atoms with Crippen LogP contribution in [0.2, 0.25) is 0 Å². The molecular weight excluding hydrogens is 314 g/mol. The summed E-state index contributed by atoms with van der Waals surface area (Å²) < 4.78 is 0. The Morgan fingerprint density at radius 1 is 1.04 bits per heavy atom. The quantitative estimate of drug-likeness (QED) is 0.718. The molecule has 1 amide bonds. The molecule has 0 aliphatic heterocycles. The highest BCUT2D eigenvalue weighted by Gasteiger charge is 2.14. The number of benzene rings is 2. The van der Waals surface area contributed by atoms with Crippen molar-refractivity contribution in [3.05, 3.63) is 65.7 Å². The highest BCUT2D eigenvalue weighted by Crippen LogP contribution is 2.24. The van der Waals surface area contributed by atoms with Crippen LogP contribution in [0.3, 0.4) is 0 Å². The maximum atomic E-state index is 12.1. The van der Waals surface area contributed by atoms with Gasteiger partial charge < -0.3 is 5.32 Å². The average Bonchev–Trinajstić information content (AvgIpc) is 2.55. The van der Waals surface area contributed by atoms with Gasteiger partial charge >= 0.3 is 0 Å². The number of nitrogens with one attached hydrogen (secondary N) is 1. The van der Waals surface area contributed by atoms with Crippen LogP contribution in [0.1, 0.15) is 51.3 Å². The second kappa shape index (κ2) is 8.39. The molecule has 1 atom stereocenters. The van der Waals surface area contributed by atoms with Crippen LogP contribution in [-0.4, -0.2) is 11.7 Å². The van der Waals surface area contributed by atoms with Crippen molar-refractivity contribution in [2.24, 2.45) is 0 Å². The Kier molecular flexibility index (Phi) is 6.50. The first-order chi connectivity index (χ1) is 11.4. The van der Waals surface area contributed by atoms with E-state index in [1.165, 1.54) is 10.5 Å². The summed E-state index contributed by atoms with van der Waals surface area (Å²) >= 11 is 1.72. The summed E-state index contributed by atoms with van der Waals surface area (Å²) in [5, 5.41) is 3.09. The van der Waals surface area contributed by atoms with Crippen molar-refractivity contribution >= 4 is 17.7 Å². The molecule has 0 bridgehead atoms. The lowest BCUT2D eigenvalue weighted by molar-refractivity contribution is -0.121. The molecule has 2 rings (SSSR count). The van der Waals surface area contributed by atoms with E-state index in [4.69, 9.17) is 0 Å². The molecule has 0 aliphatic carbocycles. The number of thioether (sulfide) groups is 1. The zero-order chi connectivity index (χ0) is 17.6. The third-order valence-corrected chi connectivity index (χ3v) is 5.01. The van der Waals surface area contributed by atoms with Crippen molar-refractivity contribution in [3.8, 4) is 0 Å². The molecular formula is C21H27NOS. The van der Waals surface area contributed by atoms with Gasteiger partial charge in [-0.3, -0.25) is 4.79 Å². The van der Waals surface area contributed by atoms with E-state index in [1.54, 1.807) is 11.8 Å². The van der Waals surface area contributed by atoms with E-state index in [0.29, 0.717) is 6.42 Å². The fraction of sp³-hybridized carbons (Fsp3) is 0.381. The molecule has 2 aromatic rings. The van der Waals surface area contributed by atoms with E-state index in [0.717, 1.165) is 11.3 Å². The summed E-state index contributed by atoms with van der Waals surface area (Å²) in [6.45, 7) is 8.65. The monoisotopic (exact) mass is 341 g/mol. The SMILES string of the molecule is C[C@@H](NC(=O)CCSc1ccccc1)c1ccc(C(C)(C)C)cc1. The van der Waals surface area contributed by atoms with Gasteiger partial charge in [0.05, 0.1) is 6.04 Å². The van der Waals surface area contributed by atoms with Gasteiger partial charge in [0.1, 0.15) is 0 Å². The number of hydrogen-bond acceptors (Lipinski definition) is 2. The lowest BCUT2D eigenvalue weighted by atomic mass is 9.86. The summed E-state index contributed by atoms with van der Waals surface area (Å²) in [5.41, 5.74) is 2.61. The van der Waals surface area contributed by atoms with Gasteiger partial charge in [0.2, 0.25) is 5.91 Å². The van der Waals surface area contributed by atoms with Crippen LogP contribution in [-0.2, 0) is 10.2 Å². The van der Waals surface area contributed by atoms with Crippen LogP contribution in [0, 0.1) is 0 Å². The van der Waals surface area contributed by atoms with Crippen molar-refractivity contribution in [1.29, 1.82) is 0 Å². The smallest absolute Gasteiger partial charge is 0.221 e. The Morgan fingerprint density at radius 2 is 1.67 bits per heavy atom. The molecule has 0 heterocycles.